The molecule has 1 N–H and O–H groups in total. The molecular weight excluding hydrogens is 478 g/mol. The quantitative estimate of drug-likeness (QED) is 0.499. The van der Waals surface area contributed by atoms with Gasteiger partial charge >= 0.3 is 0 Å². The number of halogens is 1. The van der Waals surface area contributed by atoms with Crippen LogP contribution in [0.5, 0.6) is 0 Å². The van der Waals surface area contributed by atoms with E-state index in [1.165, 1.54) is 23.1 Å². The van der Waals surface area contributed by atoms with Crippen molar-refractivity contribution in [2.24, 2.45) is 0 Å². The SMILES string of the molecule is CCCCNC(=O)[C@@H](CC)N(Cc1ccc(Cl)cc1)C(=O)CN1C(=O)c2ccccc2S1(=O)=O. The molecule has 10 heteroatoms. The molecule has 3 amide bonds. The summed E-state index contributed by atoms with van der Waals surface area (Å²) in [4.78, 5) is 40.4. The topological polar surface area (TPSA) is 104 Å². The molecule has 1 aliphatic rings. The van der Waals surface area contributed by atoms with Crippen LogP contribution in [0.1, 0.15) is 49.0 Å². The zero-order chi connectivity index (χ0) is 24.9. The Bertz CT molecular complexity index is 1170. The third-order valence-electron chi connectivity index (χ3n) is 5.67. The Hall–Kier alpha value is -2.91. The number of nitrogens with zero attached hydrogens (tertiary/aromatic N) is 2. The lowest BCUT2D eigenvalue weighted by Crippen LogP contribution is -2.52. The summed E-state index contributed by atoms with van der Waals surface area (Å²) in [6, 6.07) is 11.8. The van der Waals surface area contributed by atoms with E-state index in [9.17, 15) is 22.8 Å². The third kappa shape index (κ3) is 5.42. The van der Waals surface area contributed by atoms with Crippen LogP contribution < -0.4 is 5.32 Å². The van der Waals surface area contributed by atoms with Crippen molar-refractivity contribution in [3.63, 3.8) is 0 Å². The van der Waals surface area contributed by atoms with E-state index in [-0.39, 0.29) is 22.9 Å². The van der Waals surface area contributed by atoms with Crippen molar-refractivity contribution in [2.45, 2.75) is 50.6 Å². The van der Waals surface area contributed by atoms with Crippen LogP contribution in [0.15, 0.2) is 53.4 Å². The Morgan fingerprint density at radius 3 is 2.38 bits per heavy atom. The second-order valence-corrected chi connectivity index (χ2v) is 10.3. The van der Waals surface area contributed by atoms with Crippen LogP contribution in [0.2, 0.25) is 5.02 Å². The van der Waals surface area contributed by atoms with E-state index < -0.39 is 34.4 Å². The maximum Gasteiger partial charge on any atom is 0.269 e. The molecule has 1 atom stereocenters. The summed E-state index contributed by atoms with van der Waals surface area (Å²) in [5.41, 5.74) is 0.750. The Morgan fingerprint density at radius 2 is 1.76 bits per heavy atom. The lowest BCUT2D eigenvalue weighted by atomic mass is 10.1. The van der Waals surface area contributed by atoms with Gasteiger partial charge in [0.05, 0.1) is 5.56 Å². The number of carbonyl (C=O) groups excluding carboxylic acids is 3. The summed E-state index contributed by atoms with van der Waals surface area (Å²) in [6.45, 7) is 3.63. The van der Waals surface area contributed by atoms with Crippen LogP contribution in [0, 0.1) is 0 Å². The molecule has 0 bridgehead atoms. The van der Waals surface area contributed by atoms with Gasteiger partial charge in [0.1, 0.15) is 17.5 Å². The highest BCUT2D eigenvalue weighted by molar-refractivity contribution is 7.90. The van der Waals surface area contributed by atoms with Crippen LogP contribution >= 0.6 is 11.6 Å². The first kappa shape index (κ1) is 25.7. The van der Waals surface area contributed by atoms with E-state index in [2.05, 4.69) is 5.32 Å². The van der Waals surface area contributed by atoms with Gasteiger partial charge in [0.2, 0.25) is 11.8 Å². The molecule has 0 saturated heterocycles. The number of amides is 3. The first-order valence-corrected chi connectivity index (χ1v) is 13.0. The van der Waals surface area contributed by atoms with Crippen LogP contribution in [-0.4, -0.2) is 54.5 Å². The zero-order valence-corrected chi connectivity index (χ0v) is 20.7. The monoisotopic (exact) mass is 505 g/mol. The van der Waals surface area contributed by atoms with Gasteiger partial charge in [-0.2, -0.15) is 0 Å². The molecule has 0 radical (unpaired) electrons. The Balaban J connectivity index is 1.89. The van der Waals surface area contributed by atoms with Crippen molar-refractivity contribution in [1.29, 1.82) is 0 Å². The molecule has 0 aliphatic carbocycles. The van der Waals surface area contributed by atoms with Gasteiger partial charge in [-0.3, -0.25) is 14.4 Å². The van der Waals surface area contributed by atoms with Crippen LogP contribution in [0.4, 0.5) is 0 Å². The molecule has 0 saturated carbocycles. The summed E-state index contributed by atoms with van der Waals surface area (Å²) in [5.74, 6) is -1.72. The van der Waals surface area contributed by atoms with E-state index >= 15 is 0 Å². The van der Waals surface area contributed by atoms with Gasteiger partial charge in [-0.05, 0) is 42.7 Å². The van der Waals surface area contributed by atoms with Crippen molar-refractivity contribution in [3.8, 4) is 0 Å². The van der Waals surface area contributed by atoms with Gasteiger partial charge in [0.15, 0.2) is 0 Å². The number of nitrogens with one attached hydrogen (secondary N) is 1. The highest BCUT2D eigenvalue weighted by Gasteiger charge is 2.43. The van der Waals surface area contributed by atoms with Gasteiger partial charge in [-0.25, -0.2) is 12.7 Å². The summed E-state index contributed by atoms with van der Waals surface area (Å²) in [7, 11) is -4.15. The van der Waals surface area contributed by atoms with Crippen LogP contribution in [-0.2, 0) is 26.2 Å². The molecule has 8 nitrogen and oxygen atoms in total. The number of rotatable bonds is 10. The maximum absolute atomic E-state index is 13.5. The van der Waals surface area contributed by atoms with Crippen molar-refractivity contribution in [3.05, 3.63) is 64.7 Å². The molecule has 0 fully saturated rings. The minimum absolute atomic E-state index is 0.0314. The predicted octanol–water partition coefficient (Wildman–Crippen LogP) is 3.21. The van der Waals surface area contributed by atoms with Crippen LogP contribution in [0.3, 0.4) is 0 Å². The second-order valence-electron chi connectivity index (χ2n) is 8.03. The fourth-order valence-electron chi connectivity index (χ4n) is 3.81. The zero-order valence-electron chi connectivity index (χ0n) is 19.2. The van der Waals surface area contributed by atoms with Gasteiger partial charge < -0.3 is 10.2 Å². The van der Waals surface area contributed by atoms with E-state index in [1.807, 2.05) is 6.92 Å². The fourth-order valence-corrected chi connectivity index (χ4v) is 5.46. The molecule has 1 heterocycles. The molecule has 3 rings (SSSR count). The number of hydrogen-bond donors (Lipinski definition) is 1. The average molecular weight is 506 g/mol. The number of hydrogen-bond acceptors (Lipinski definition) is 5. The van der Waals surface area contributed by atoms with Crippen molar-refractivity contribution in [2.75, 3.05) is 13.1 Å². The number of benzene rings is 2. The average Bonchev–Trinajstić information content (AvgIpc) is 3.01. The molecular formula is C24H28ClN3O5S. The summed E-state index contributed by atoms with van der Waals surface area (Å²) < 4.78 is 26.5. The maximum atomic E-state index is 13.5. The summed E-state index contributed by atoms with van der Waals surface area (Å²) in [6.07, 6.45) is 2.02. The number of fused-ring (bicyclic) bond motifs is 1. The molecule has 1 aliphatic heterocycles. The summed E-state index contributed by atoms with van der Waals surface area (Å²) in [5, 5.41) is 3.37. The fraction of sp³-hybridized carbons (Fsp3) is 0.375. The van der Waals surface area contributed by atoms with E-state index in [4.69, 9.17) is 11.6 Å². The van der Waals surface area contributed by atoms with Gasteiger partial charge in [0, 0.05) is 18.1 Å². The normalized spacial score (nSPS) is 15.0. The van der Waals surface area contributed by atoms with E-state index in [0.29, 0.717) is 22.3 Å². The van der Waals surface area contributed by atoms with Gasteiger partial charge in [-0.1, -0.05) is 56.1 Å². The predicted molar refractivity (Wildman–Crippen MR) is 129 cm³/mol. The van der Waals surface area contributed by atoms with Gasteiger partial charge in [0.25, 0.3) is 15.9 Å². The first-order valence-electron chi connectivity index (χ1n) is 11.2. The highest BCUT2D eigenvalue weighted by Crippen LogP contribution is 2.30. The van der Waals surface area contributed by atoms with Crippen molar-refractivity contribution >= 4 is 39.3 Å². The highest BCUT2D eigenvalue weighted by atomic mass is 35.5. The van der Waals surface area contributed by atoms with E-state index in [1.54, 1.807) is 37.3 Å². The molecule has 0 unspecified atom stereocenters. The first-order chi connectivity index (χ1) is 16.2. The van der Waals surface area contributed by atoms with Crippen molar-refractivity contribution in [1.82, 2.24) is 14.5 Å². The largest absolute Gasteiger partial charge is 0.354 e. The number of carbonyl (C=O) groups is 3. The molecule has 0 spiro atoms. The Labute approximate surface area is 204 Å². The van der Waals surface area contributed by atoms with Gasteiger partial charge in [-0.15, -0.1) is 0 Å². The smallest absolute Gasteiger partial charge is 0.269 e. The number of unbranched alkanes of at least 4 members (excludes halogenated alkanes) is 1. The van der Waals surface area contributed by atoms with Crippen LogP contribution in [0.25, 0.3) is 0 Å². The summed E-state index contributed by atoms with van der Waals surface area (Å²) >= 11 is 5.97. The molecule has 0 aromatic heterocycles. The number of sulfonamides is 1. The second kappa shape index (κ2) is 11.0. The third-order valence-corrected chi connectivity index (χ3v) is 7.71. The minimum atomic E-state index is -4.15. The van der Waals surface area contributed by atoms with Crippen molar-refractivity contribution < 1.29 is 22.8 Å². The van der Waals surface area contributed by atoms with E-state index in [0.717, 1.165) is 18.4 Å². The standard InChI is InChI=1S/C24H28ClN3O5S/c1-3-5-14-26-23(30)20(4-2)27(15-17-10-12-18(25)13-11-17)22(29)16-28-24(31)19-8-6-7-9-21(19)34(28,32)33/h6-13,20H,3-5,14-16H2,1-2H3,(H,26,30)/t20-/m1/s1. The Kier molecular flexibility index (Phi) is 8.33. The molecule has 34 heavy (non-hydrogen) atoms. The Morgan fingerprint density at radius 1 is 1.09 bits per heavy atom. The lowest BCUT2D eigenvalue weighted by molar-refractivity contribution is -0.141. The minimum Gasteiger partial charge on any atom is -0.354 e. The molecule has 2 aromatic carbocycles. The molecule has 182 valence electrons. The lowest BCUT2D eigenvalue weighted by Gasteiger charge is -2.31. The molecule has 2 aromatic rings.